The van der Waals surface area contributed by atoms with E-state index in [2.05, 4.69) is 11.8 Å². The number of rotatable bonds is 2. The van der Waals surface area contributed by atoms with Crippen LogP contribution in [0.25, 0.3) is 0 Å². The molecule has 2 unspecified atom stereocenters. The normalized spacial score (nSPS) is 32.8. The van der Waals surface area contributed by atoms with Crippen molar-refractivity contribution in [2.75, 3.05) is 13.1 Å². The third-order valence-electron chi connectivity index (χ3n) is 2.15. The molecule has 12 heavy (non-hydrogen) atoms. The number of aliphatic hydroxyl groups excluding tert-OH is 1. The van der Waals surface area contributed by atoms with Crippen LogP contribution in [-0.2, 0) is 0 Å². The van der Waals surface area contributed by atoms with Gasteiger partial charge in [-0.15, -0.1) is 0 Å². The molecule has 70 valence electrons. The molecule has 1 aliphatic rings. The molecule has 0 saturated carbocycles. The first-order valence-electron chi connectivity index (χ1n) is 4.00. The molecule has 0 aliphatic carbocycles. The van der Waals surface area contributed by atoms with E-state index >= 15 is 0 Å². The quantitative estimate of drug-likeness (QED) is 0.750. The van der Waals surface area contributed by atoms with Crippen molar-refractivity contribution >= 4 is 23.2 Å². The summed E-state index contributed by atoms with van der Waals surface area (Å²) in [6.45, 7) is 3.42. The van der Waals surface area contributed by atoms with Crippen molar-refractivity contribution in [1.82, 2.24) is 4.90 Å². The number of likely N-dealkylation sites (tertiary alicyclic amines) is 1. The van der Waals surface area contributed by atoms with Crippen molar-refractivity contribution in [3.63, 3.8) is 0 Å². The molecule has 0 aromatic rings. The van der Waals surface area contributed by atoms with Crippen LogP contribution in [0.5, 0.6) is 0 Å². The summed E-state index contributed by atoms with van der Waals surface area (Å²) >= 11 is 11.2. The van der Waals surface area contributed by atoms with E-state index < -0.39 is 0 Å². The van der Waals surface area contributed by atoms with Gasteiger partial charge in [-0.3, -0.25) is 4.90 Å². The van der Waals surface area contributed by atoms with E-state index in [1.165, 1.54) is 5.54 Å². The molecule has 1 saturated heterocycles. The van der Waals surface area contributed by atoms with Crippen molar-refractivity contribution < 1.29 is 5.11 Å². The van der Waals surface area contributed by atoms with Gasteiger partial charge in [-0.05, 0) is 13.3 Å². The zero-order valence-corrected chi connectivity index (χ0v) is 8.52. The van der Waals surface area contributed by atoms with Crippen molar-refractivity contribution in [1.29, 1.82) is 0 Å². The van der Waals surface area contributed by atoms with Crippen LogP contribution in [0.2, 0.25) is 0 Å². The maximum atomic E-state index is 9.32. The third-order valence-corrected chi connectivity index (χ3v) is 2.76. The predicted molar refractivity (Wildman–Crippen MR) is 51.4 cm³/mol. The van der Waals surface area contributed by atoms with E-state index in [1.54, 1.807) is 0 Å². The Kier molecular flexibility index (Phi) is 3.84. The van der Waals surface area contributed by atoms with Crippen LogP contribution in [-0.4, -0.2) is 35.2 Å². The Hall–Kier alpha value is 0.240. The zero-order valence-electron chi connectivity index (χ0n) is 7.00. The summed E-state index contributed by atoms with van der Waals surface area (Å²) in [6.07, 6.45) is 0.617. The lowest BCUT2D eigenvalue weighted by molar-refractivity contribution is 0.179. The van der Waals surface area contributed by atoms with Gasteiger partial charge in [-0.2, -0.15) is 0 Å². The van der Waals surface area contributed by atoms with E-state index in [9.17, 15) is 5.11 Å². The molecule has 4 heteroatoms. The first-order valence-corrected chi connectivity index (χ1v) is 4.81. The molecule has 1 aliphatic heterocycles. The maximum Gasteiger partial charge on any atom is 0.0682 e. The van der Waals surface area contributed by atoms with E-state index in [0.717, 1.165) is 6.42 Å². The lowest BCUT2D eigenvalue weighted by Gasteiger charge is -2.19. The van der Waals surface area contributed by atoms with Crippen LogP contribution in [0, 0.1) is 0 Å². The number of hydrogen-bond donors (Lipinski definition) is 1. The second-order valence-electron chi connectivity index (χ2n) is 3.22. The fourth-order valence-electron chi connectivity index (χ4n) is 1.52. The summed E-state index contributed by atoms with van der Waals surface area (Å²) in [7, 11) is 0. The molecule has 1 N–H and O–H groups in total. The average molecular weight is 210 g/mol. The summed E-state index contributed by atoms with van der Waals surface area (Å²) in [5.41, 5.74) is 1.37. The number of nitrogens with zero attached hydrogens (tertiary/aromatic N) is 1. The molecule has 1 heterocycles. The van der Waals surface area contributed by atoms with E-state index in [-0.39, 0.29) is 6.10 Å². The van der Waals surface area contributed by atoms with Crippen molar-refractivity contribution in [3.8, 4) is 0 Å². The summed E-state index contributed by atoms with van der Waals surface area (Å²) in [5, 5.41) is 9.94. The highest BCUT2D eigenvalue weighted by Gasteiger charge is 2.27. The molecule has 0 radical (unpaired) electrons. The van der Waals surface area contributed by atoms with Crippen LogP contribution in [0.1, 0.15) is 13.3 Å². The van der Waals surface area contributed by atoms with Crippen LogP contribution in [0.3, 0.4) is 0 Å². The van der Waals surface area contributed by atoms with Gasteiger partial charge >= 0.3 is 0 Å². The molecular formula is C8H13Cl2NO. The fraction of sp³-hybridized carbons (Fsp3) is 0.750. The van der Waals surface area contributed by atoms with Crippen LogP contribution >= 0.6 is 23.2 Å². The lowest BCUT2D eigenvalue weighted by Crippen LogP contribution is -2.28. The highest BCUT2D eigenvalue weighted by atomic mass is 35.5. The summed E-state index contributed by atoms with van der Waals surface area (Å²) in [4.78, 5) is 2.12. The summed E-state index contributed by atoms with van der Waals surface area (Å²) < 4.78 is 0. The molecule has 0 amide bonds. The number of halogens is 2. The SMILES string of the molecule is CC1CC(O)CN1C/C(Cl)=C/Cl. The van der Waals surface area contributed by atoms with Crippen LogP contribution in [0.4, 0.5) is 0 Å². The van der Waals surface area contributed by atoms with Crippen molar-refractivity contribution in [2.24, 2.45) is 0 Å². The predicted octanol–water partition coefficient (Wildman–Crippen LogP) is 1.76. The summed E-state index contributed by atoms with van der Waals surface area (Å²) in [5.74, 6) is 0. The van der Waals surface area contributed by atoms with Gasteiger partial charge in [0.1, 0.15) is 0 Å². The third kappa shape index (κ3) is 2.63. The Morgan fingerprint density at radius 2 is 2.42 bits per heavy atom. The van der Waals surface area contributed by atoms with Crippen molar-refractivity contribution in [3.05, 3.63) is 10.6 Å². The standard InChI is InChI=1S/C8H13Cl2NO/c1-6-2-8(12)5-11(6)4-7(10)3-9/h3,6,8,12H,2,4-5H2,1H3/b7-3-. The largest absolute Gasteiger partial charge is 0.392 e. The minimum Gasteiger partial charge on any atom is -0.392 e. The molecule has 0 aromatic heterocycles. The maximum absolute atomic E-state index is 9.32. The molecule has 1 rings (SSSR count). The molecule has 2 nitrogen and oxygen atoms in total. The Morgan fingerprint density at radius 3 is 2.83 bits per heavy atom. The number of β-amino-alcohol motifs (C(OH)–C–C–N with tert-alkyl or cyclic N) is 1. The number of aliphatic hydroxyl groups is 1. The lowest BCUT2D eigenvalue weighted by atomic mass is 10.2. The second kappa shape index (κ2) is 4.47. The van der Waals surface area contributed by atoms with E-state index in [0.29, 0.717) is 24.2 Å². The first-order chi connectivity index (χ1) is 5.63. The molecule has 0 aromatic carbocycles. The van der Waals surface area contributed by atoms with Gasteiger partial charge in [0.2, 0.25) is 0 Å². The minimum absolute atomic E-state index is 0.209. The highest BCUT2D eigenvalue weighted by molar-refractivity contribution is 6.36. The van der Waals surface area contributed by atoms with Crippen LogP contribution in [0.15, 0.2) is 10.6 Å². The molecule has 0 bridgehead atoms. The van der Waals surface area contributed by atoms with Crippen molar-refractivity contribution in [2.45, 2.75) is 25.5 Å². The number of hydrogen-bond acceptors (Lipinski definition) is 2. The molecule has 1 fully saturated rings. The highest BCUT2D eigenvalue weighted by Crippen LogP contribution is 2.19. The van der Waals surface area contributed by atoms with E-state index in [1.807, 2.05) is 0 Å². The first kappa shape index (κ1) is 10.3. The zero-order chi connectivity index (χ0) is 9.14. The molecule has 0 spiro atoms. The van der Waals surface area contributed by atoms with Gasteiger partial charge in [0.05, 0.1) is 6.10 Å². The Bertz CT molecular complexity index is 184. The van der Waals surface area contributed by atoms with Crippen LogP contribution < -0.4 is 0 Å². The minimum atomic E-state index is -0.209. The summed E-state index contributed by atoms with van der Waals surface area (Å²) in [6, 6.07) is 0.394. The smallest absolute Gasteiger partial charge is 0.0682 e. The van der Waals surface area contributed by atoms with Gasteiger partial charge in [0.15, 0.2) is 0 Å². The van der Waals surface area contributed by atoms with Gasteiger partial charge in [-0.1, -0.05) is 23.2 Å². The molecule has 2 atom stereocenters. The topological polar surface area (TPSA) is 23.5 Å². The molecular weight excluding hydrogens is 197 g/mol. The van der Waals surface area contributed by atoms with E-state index in [4.69, 9.17) is 23.2 Å². The second-order valence-corrected chi connectivity index (χ2v) is 3.93. The monoisotopic (exact) mass is 209 g/mol. The van der Waals surface area contributed by atoms with Gasteiger partial charge in [0, 0.05) is 29.7 Å². The van der Waals surface area contributed by atoms with Gasteiger partial charge < -0.3 is 5.11 Å². The van der Waals surface area contributed by atoms with Gasteiger partial charge in [0.25, 0.3) is 0 Å². The Labute approximate surface area is 82.8 Å². The Morgan fingerprint density at radius 1 is 1.75 bits per heavy atom. The average Bonchev–Trinajstić information content (AvgIpc) is 2.30. The fourth-order valence-corrected chi connectivity index (χ4v) is 1.74. The Balaban J connectivity index is 2.43. The van der Waals surface area contributed by atoms with Gasteiger partial charge in [-0.25, -0.2) is 0 Å².